The summed E-state index contributed by atoms with van der Waals surface area (Å²) in [6, 6.07) is 9.48. The SMILES string of the molecule is Cc1cc(Nc2ccc(Br)cc2F)ccc1C(=O)O. The lowest BCUT2D eigenvalue weighted by Gasteiger charge is -2.10. The number of nitrogens with one attached hydrogen (secondary N) is 1. The molecule has 0 radical (unpaired) electrons. The predicted molar refractivity (Wildman–Crippen MR) is 75.5 cm³/mol. The molecular weight excluding hydrogens is 313 g/mol. The highest BCUT2D eigenvalue weighted by Gasteiger charge is 2.08. The number of aryl methyl sites for hydroxylation is 1. The van der Waals surface area contributed by atoms with Gasteiger partial charge in [-0.15, -0.1) is 0 Å². The van der Waals surface area contributed by atoms with E-state index in [9.17, 15) is 9.18 Å². The van der Waals surface area contributed by atoms with Crippen molar-refractivity contribution in [2.45, 2.75) is 6.92 Å². The van der Waals surface area contributed by atoms with Gasteiger partial charge in [-0.25, -0.2) is 9.18 Å². The minimum absolute atomic E-state index is 0.238. The van der Waals surface area contributed by atoms with Crippen LogP contribution in [0, 0.1) is 12.7 Å². The van der Waals surface area contributed by atoms with Gasteiger partial charge in [-0.2, -0.15) is 0 Å². The fraction of sp³-hybridized carbons (Fsp3) is 0.0714. The van der Waals surface area contributed by atoms with Crippen molar-refractivity contribution in [1.82, 2.24) is 0 Å². The monoisotopic (exact) mass is 323 g/mol. The van der Waals surface area contributed by atoms with Crippen LogP contribution in [0.5, 0.6) is 0 Å². The lowest BCUT2D eigenvalue weighted by molar-refractivity contribution is 0.0696. The van der Waals surface area contributed by atoms with E-state index in [-0.39, 0.29) is 11.4 Å². The Bertz CT molecular complexity index is 643. The summed E-state index contributed by atoms with van der Waals surface area (Å²) in [5, 5.41) is 11.9. The Kier molecular flexibility index (Phi) is 3.85. The molecule has 2 aromatic carbocycles. The number of carboxylic acid groups (broad SMARTS) is 1. The second-order valence-corrected chi connectivity index (χ2v) is 5.00. The first-order chi connectivity index (χ1) is 8.97. The van der Waals surface area contributed by atoms with Gasteiger partial charge in [-0.3, -0.25) is 0 Å². The first-order valence-corrected chi connectivity index (χ1v) is 6.32. The molecule has 2 rings (SSSR count). The molecule has 0 aliphatic heterocycles. The summed E-state index contributed by atoms with van der Waals surface area (Å²) in [5.41, 5.74) is 1.84. The summed E-state index contributed by atoms with van der Waals surface area (Å²) < 4.78 is 14.3. The summed E-state index contributed by atoms with van der Waals surface area (Å²) >= 11 is 3.19. The van der Waals surface area contributed by atoms with E-state index < -0.39 is 5.97 Å². The molecule has 98 valence electrons. The van der Waals surface area contributed by atoms with Crippen LogP contribution in [0.2, 0.25) is 0 Å². The van der Waals surface area contributed by atoms with Gasteiger partial charge in [0, 0.05) is 10.2 Å². The quantitative estimate of drug-likeness (QED) is 0.883. The van der Waals surface area contributed by atoms with Gasteiger partial charge in [-0.1, -0.05) is 15.9 Å². The van der Waals surface area contributed by atoms with Crippen LogP contribution in [-0.4, -0.2) is 11.1 Å². The Balaban J connectivity index is 2.29. The summed E-state index contributed by atoms with van der Waals surface area (Å²) in [4.78, 5) is 10.9. The molecule has 2 aromatic rings. The van der Waals surface area contributed by atoms with Crippen molar-refractivity contribution in [1.29, 1.82) is 0 Å². The molecule has 0 atom stereocenters. The van der Waals surface area contributed by atoms with Crippen molar-refractivity contribution < 1.29 is 14.3 Å². The zero-order valence-corrected chi connectivity index (χ0v) is 11.7. The van der Waals surface area contributed by atoms with Crippen LogP contribution >= 0.6 is 15.9 Å². The third-order valence-electron chi connectivity index (χ3n) is 2.67. The third kappa shape index (κ3) is 3.12. The molecule has 0 heterocycles. The molecule has 0 saturated carbocycles. The molecule has 5 heteroatoms. The maximum absolute atomic E-state index is 13.7. The third-order valence-corrected chi connectivity index (χ3v) is 3.16. The zero-order valence-electron chi connectivity index (χ0n) is 10.1. The van der Waals surface area contributed by atoms with Gasteiger partial charge < -0.3 is 10.4 Å². The summed E-state index contributed by atoms with van der Waals surface area (Å²) in [6.45, 7) is 1.70. The number of rotatable bonds is 3. The van der Waals surface area contributed by atoms with E-state index in [2.05, 4.69) is 21.2 Å². The number of anilines is 2. The van der Waals surface area contributed by atoms with E-state index in [0.29, 0.717) is 21.4 Å². The van der Waals surface area contributed by atoms with Crippen LogP contribution in [0.25, 0.3) is 0 Å². The van der Waals surface area contributed by atoms with Crippen molar-refractivity contribution in [3.05, 3.63) is 57.8 Å². The Morgan fingerprint density at radius 2 is 2.00 bits per heavy atom. The van der Waals surface area contributed by atoms with E-state index >= 15 is 0 Å². The van der Waals surface area contributed by atoms with E-state index in [4.69, 9.17) is 5.11 Å². The maximum atomic E-state index is 13.7. The lowest BCUT2D eigenvalue weighted by Crippen LogP contribution is -2.01. The number of aromatic carboxylic acids is 1. The number of carboxylic acids is 1. The average molecular weight is 324 g/mol. The molecule has 2 N–H and O–H groups in total. The van der Waals surface area contributed by atoms with Crippen LogP contribution in [0.3, 0.4) is 0 Å². The van der Waals surface area contributed by atoms with Gasteiger partial charge in [0.1, 0.15) is 5.82 Å². The van der Waals surface area contributed by atoms with Crippen molar-refractivity contribution in [3.8, 4) is 0 Å². The van der Waals surface area contributed by atoms with Crippen LogP contribution in [0.1, 0.15) is 15.9 Å². The molecule has 0 saturated heterocycles. The van der Waals surface area contributed by atoms with Crippen LogP contribution < -0.4 is 5.32 Å². The number of benzene rings is 2. The normalized spacial score (nSPS) is 10.3. The van der Waals surface area contributed by atoms with Gasteiger partial charge in [0.15, 0.2) is 0 Å². The fourth-order valence-corrected chi connectivity index (χ4v) is 2.06. The maximum Gasteiger partial charge on any atom is 0.335 e. The summed E-state index contributed by atoms with van der Waals surface area (Å²) in [7, 11) is 0. The number of halogens is 2. The topological polar surface area (TPSA) is 49.3 Å². The van der Waals surface area contributed by atoms with Crippen molar-refractivity contribution >= 4 is 33.3 Å². The van der Waals surface area contributed by atoms with Gasteiger partial charge in [0.25, 0.3) is 0 Å². The molecule has 0 bridgehead atoms. The summed E-state index contributed by atoms with van der Waals surface area (Å²) in [6.07, 6.45) is 0. The highest BCUT2D eigenvalue weighted by atomic mass is 79.9. The molecule has 0 unspecified atom stereocenters. The minimum Gasteiger partial charge on any atom is -0.478 e. The standard InChI is InChI=1S/C14H11BrFNO2/c1-8-6-10(3-4-11(8)14(18)19)17-13-5-2-9(15)7-12(13)16/h2-7,17H,1H3,(H,18,19). The highest BCUT2D eigenvalue weighted by Crippen LogP contribution is 2.24. The van der Waals surface area contributed by atoms with Crippen molar-refractivity contribution in [3.63, 3.8) is 0 Å². The summed E-state index contributed by atoms with van der Waals surface area (Å²) in [5.74, 6) is -1.35. The van der Waals surface area contributed by atoms with Crippen LogP contribution in [-0.2, 0) is 0 Å². The van der Waals surface area contributed by atoms with E-state index in [0.717, 1.165) is 0 Å². The van der Waals surface area contributed by atoms with Crippen LogP contribution in [0.4, 0.5) is 15.8 Å². The number of hydrogen-bond acceptors (Lipinski definition) is 2. The smallest absolute Gasteiger partial charge is 0.335 e. The van der Waals surface area contributed by atoms with Gasteiger partial charge in [0.05, 0.1) is 11.3 Å². The first kappa shape index (κ1) is 13.5. The predicted octanol–water partition coefficient (Wildman–Crippen LogP) is 4.34. The zero-order chi connectivity index (χ0) is 14.0. The Labute approximate surface area is 118 Å². The van der Waals surface area contributed by atoms with Gasteiger partial charge in [-0.05, 0) is 48.9 Å². The molecule has 0 aromatic heterocycles. The number of hydrogen-bond donors (Lipinski definition) is 2. The fourth-order valence-electron chi connectivity index (χ4n) is 1.73. The Morgan fingerprint density at radius 3 is 2.58 bits per heavy atom. The molecule has 19 heavy (non-hydrogen) atoms. The molecule has 0 spiro atoms. The lowest BCUT2D eigenvalue weighted by atomic mass is 10.1. The molecule has 3 nitrogen and oxygen atoms in total. The van der Waals surface area contributed by atoms with Crippen molar-refractivity contribution in [2.24, 2.45) is 0 Å². The minimum atomic E-state index is -0.973. The molecule has 0 aliphatic rings. The first-order valence-electron chi connectivity index (χ1n) is 5.53. The Hall–Kier alpha value is -1.88. The Morgan fingerprint density at radius 1 is 1.26 bits per heavy atom. The molecule has 0 amide bonds. The molecular formula is C14H11BrFNO2. The van der Waals surface area contributed by atoms with Gasteiger partial charge in [0.2, 0.25) is 0 Å². The van der Waals surface area contributed by atoms with Crippen molar-refractivity contribution in [2.75, 3.05) is 5.32 Å². The largest absolute Gasteiger partial charge is 0.478 e. The average Bonchev–Trinajstić information content (AvgIpc) is 2.32. The molecule has 0 aliphatic carbocycles. The van der Waals surface area contributed by atoms with E-state index in [1.165, 1.54) is 12.1 Å². The number of carbonyl (C=O) groups is 1. The second kappa shape index (κ2) is 5.40. The van der Waals surface area contributed by atoms with Crippen LogP contribution in [0.15, 0.2) is 40.9 Å². The highest BCUT2D eigenvalue weighted by molar-refractivity contribution is 9.10. The van der Waals surface area contributed by atoms with E-state index in [1.807, 2.05) is 0 Å². The van der Waals surface area contributed by atoms with E-state index in [1.54, 1.807) is 31.2 Å². The second-order valence-electron chi connectivity index (χ2n) is 4.08. The molecule has 0 fully saturated rings. The van der Waals surface area contributed by atoms with Gasteiger partial charge >= 0.3 is 5.97 Å².